The van der Waals surface area contributed by atoms with Crippen molar-refractivity contribution in [2.45, 2.75) is 20.1 Å². The van der Waals surface area contributed by atoms with Gasteiger partial charge >= 0.3 is 6.61 Å². The van der Waals surface area contributed by atoms with E-state index in [0.29, 0.717) is 17.1 Å². The molecule has 0 saturated heterocycles. The molecule has 0 atom stereocenters. The molecule has 0 fully saturated rings. The summed E-state index contributed by atoms with van der Waals surface area (Å²) >= 11 is 5.88. The van der Waals surface area contributed by atoms with Crippen molar-refractivity contribution in [3.8, 4) is 11.5 Å². The maximum absolute atomic E-state index is 13.0. The summed E-state index contributed by atoms with van der Waals surface area (Å²) in [6, 6.07) is 9.20. The smallest absolute Gasteiger partial charge is 0.387 e. The molecule has 0 bridgehead atoms. The van der Waals surface area contributed by atoms with Crippen LogP contribution in [0.1, 0.15) is 21.8 Å². The fraction of sp³-hybridized carbons (Fsp3) is 0.158. The first-order chi connectivity index (χ1) is 13.8. The highest BCUT2D eigenvalue weighted by Crippen LogP contribution is 2.29. The van der Waals surface area contributed by atoms with Gasteiger partial charge in [-0.3, -0.25) is 4.79 Å². The molecule has 1 heterocycles. The minimum Gasteiger partial charge on any atom is -0.489 e. The van der Waals surface area contributed by atoms with E-state index in [9.17, 15) is 18.0 Å². The second-order valence-corrected chi connectivity index (χ2v) is 6.19. The number of aromatic nitrogens is 1. The second kappa shape index (κ2) is 8.87. The standard InChI is InChI=1S/C19H14ClF3N2O4/c1-10-14(9-27-13-5-2-11(21)3-6-13)17(25-29-10)18(26)24-12-4-7-16(15(20)8-12)28-19(22)23/h2-8,19H,9H2,1H3,(H,24,26). The number of ether oxygens (including phenoxy) is 2. The van der Waals surface area contributed by atoms with Gasteiger partial charge in [0.25, 0.3) is 5.91 Å². The molecule has 1 N–H and O–H groups in total. The summed E-state index contributed by atoms with van der Waals surface area (Å²) in [5, 5.41) is 6.18. The topological polar surface area (TPSA) is 73.6 Å². The quantitative estimate of drug-likeness (QED) is 0.561. The van der Waals surface area contributed by atoms with Crippen LogP contribution in [-0.4, -0.2) is 17.7 Å². The Morgan fingerprint density at radius 1 is 1.24 bits per heavy atom. The van der Waals surface area contributed by atoms with Crippen molar-refractivity contribution in [2.75, 3.05) is 5.32 Å². The summed E-state index contributed by atoms with van der Waals surface area (Å²) in [6.07, 6.45) is 0. The third-order valence-corrected chi connectivity index (χ3v) is 4.10. The molecular weight excluding hydrogens is 413 g/mol. The maximum Gasteiger partial charge on any atom is 0.387 e. The average Bonchev–Trinajstić information content (AvgIpc) is 3.04. The van der Waals surface area contributed by atoms with Crippen LogP contribution in [0.25, 0.3) is 0 Å². The fourth-order valence-electron chi connectivity index (χ4n) is 2.39. The van der Waals surface area contributed by atoms with Crippen molar-refractivity contribution in [1.29, 1.82) is 0 Å². The molecule has 2 aromatic carbocycles. The summed E-state index contributed by atoms with van der Waals surface area (Å²) < 4.78 is 52.4. The number of nitrogens with zero attached hydrogens (tertiary/aromatic N) is 1. The first-order valence-electron chi connectivity index (χ1n) is 8.22. The molecule has 3 aromatic rings. The van der Waals surface area contributed by atoms with Crippen LogP contribution in [0.3, 0.4) is 0 Å². The van der Waals surface area contributed by atoms with E-state index in [2.05, 4.69) is 15.2 Å². The average molecular weight is 427 g/mol. The first-order valence-corrected chi connectivity index (χ1v) is 8.60. The first kappa shape index (κ1) is 20.5. The van der Waals surface area contributed by atoms with Crippen molar-refractivity contribution >= 4 is 23.2 Å². The Kier molecular flexibility index (Phi) is 6.28. The number of hydrogen-bond acceptors (Lipinski definition) is 5. The lowest BCUT2D eigenvalue weighted by molar-refractivity contribution is -0.0497. The predicted octanol–water partition coefficient (Wildman–Crippen LogP) is 5.21. The molecule has 0 aliphatic carbocycles. The highest BCUT2D eigenvalue weighted by molar-refractivity contribution is 6.32. The summed E-state index contributed by atoms with van der Waals surface area (Å²) in [5.74, 6) is -0.457. The second-order valence-electron chi connectivity index (χ2n) is 5.79. The predicted molar refractivity (Wildman–Crippen MR) is 98.0 cm³/mol. The third-order valence-electron chi connectivity index (χ3n) is 3.80. The Bertz CT molecular complexity index is 1010. The van der Waals surface area contributed by atoms with E-state index < -0.39 is 18.3 Å². The van der Waals surface area contributed by atoms with E-state index in [0.717, 1.165) is 0 Å². The number of carbonyl (C=O) groups is 1. The summed E-state index contributed by atoms with van der Waals surface area (Å²) in [6.45, 7) is -1.44. The molecular formula is C19H14ClF3N2O4. The Labute approximate surface area is 168 Å². The Morgan fingerprint density at radius 3 is 2.62 bits per heavy atom. The van der Waals surface area contributed by atoms with Gasteiger partial charge in [-0.05, 0) is 49.4 Å². The van der Waals surface area contributed by atoms with Crippen LogP contribution in [0.4, 0.5) is 18.9 Å². The van der Waals surface area contributed by atoms with E-state index in [-0.39, 0.29) is 28.8 Å². The van der Waals surface area contributed by atoms with Crippen LogP contribution in [0, 0.1) is 12.7 Å². The number of anilines is 1. The van der Waals surface area contributed by atoms with Gasteiger partial charge in [-0.15, -0.1) is 0 Å². The Balaban J connectivity index is 1.71. The normalized spacial score (nSPS) is 10.8. The van der Waals surface area contributed by atoms with Gasteiger partial charge in [0.2, 0.25) is 0 Å². The zero-order valence-corrected chi connectivity index (χ0v) is 15.7. The molecule has 10 heteroatoms. The number of alkyl halides is 2. The van der Waals surface area contributed by atoms with E-state index >= 15 is 0 Å². The minimum atomic E-state index is -3.02. The third kappa shape index (κ3) is 5.20. The molecule has 0 saturated carbocycles. The molecule has 152 valence electrons. The van der Waals surface area contributed by atoms with Crippen LogP contribution in [0.2, 0.25) is 5.02 Å². The van der Waals surface area contributed by atoms with Gasteiger partial charge in [-0.1, -0.05) is 16.8 Å². The molecule has 1 aromatic heterocycles. The fourth-order valence-corrected chi connectivity index (χ4v) is 2.61. The number of carbonyl (C=O) groups excluding carboxylic acids is 1. The number of halogens is 4. The van der Waals surface area contributed by atoms with E-state index in [1.165, 1.54) is 42.5 Å². The number of hydrogen-bond donors (Lipinski definition) is 1. The van der Waals surface area contributed by atoms with Crippen molar-refractivity contribution in [3.63, 3.8) is 0 Å². The van der Waals surface area contributed by atoms with E-state index in [4.69, 9.17) is 20.9 Å². The monoisotopic (exact) mass is 426 g/mol. The van der Waals surface area contributed by atoms with Gasteiger partial charge in [0.05, 0.1) is 10.6 Å². The SMILES string of the molecule is Cc1onc(C(=O)Nc2ccc(OC(F)F)c(Cl)c2)c1COc1ccc(F)cc1. The highest BCUT2D eigenvalue weighted by atomic mass is 35.5. The zero-order valence-electron chi connectivity index (χ0n) is 14.9. The highest BCUT2D eigenvalue weighted by Gasteiger charge is 2.21. The number of aryl methyl sites for hydroxylation is 1. The van der Waals surface area contributed by atoms with Gasteiger partial charge in [0.15, 0.2) is 5.69 Å². The van der Waals surface area contributed by atoms with Crippen LogP contribution in [0.5, 0.6) is 11.5 Å². The molecule has 6 nitrogen and oxygen atoms in total. The van der Waals surface area contributed by atoms with Crippen LogP contribution in [-0.2, 0) is 6.61 Å². The van der Waals surface area contributed by atoms with Crippen molar-refractivity contribution in [1.82, 2.24) is 5.16 Å². The van der Waals surface area contributed by atoms with Crippen LogP contribution in [0.15, 0.2) is 47.0 Å². The lowest BCUT2D eigenvalue weighted by Gasteiger charge is -2.10. The molecule has 0 aliphatic rings. The lowest BCUT2D eigenvalue weighted by atomic mass is 10.2. The molecule has 1 amide bonds. The molecule has 0 unspecified atom stereocenters. The van der Waals surface area contributed by atoms with E-state index in [1.54, 1.807) is 6.92 Å². The van der Waals surface area contributed by atoms with Crippen molar-refractivity contribution in [2.24, 2.45) is 0 Å². The molecule has 0 spiro atoms. The van der Waals surface area contributed by atoms with Gasteiger partial charge in [-0.25, -0.2) is 4.39 Å². The molecule has 3 rings (SSSR count). The Morgan fingerprint density at radius 2 is 1.97 bits per heavy atom. The summed E-state index contributed by atoms with van der Waals surface area (Å²) in [4.78, 5) is 12.5. The molecule has 0 aliphatic heterocycles. The summed E-state index contributed by atoms with van der Waals surface area (Å²) in [7, 11) is 0. The molecule has 0 radical (unpaired) electrons. The number of benzene rings is 2. The van der Waals surface area contributed by atoms with Crippen molar-refractivity contribution in [3.05, 3.63) is 70.3 Å². The van der Waals surface area contributed by atoms with E-state index in [1.807, 2.05) is 0 Å². The summed E-state index contributed by atoms with van der Waals surface area (Å²) in [5.41, 5.74) is 0.622. The largest absolute Gasteiger partial charge is 0.489 e. The zero-order chi connectivity index (χ0) is 21.0. The van der Waals surface area contributed by atoms with Gasteiger partial charge in [0, 0.05) is 5.69 Å². The van der Waals surface area contributed by atoms with Gasteiger partial charge in [0.1, 0.15) is 29.7 Å². The minimum absolute atomic E-state index is 0.0198. The van der Waals surface area contributed by atoms with Crippen LogP contribution >= 0.6 is 11.6 Å². The lowest BCUT2D eigenvalue weighted by Crippen LogP contribution is -2.15. The number of rotatable bonds is 7. The van der Waals surface area contributed by atoms with Crippen molar-refractivity contribution < 1.29 is 32.0 Å². The Hall–Kier alpha value is -3.20. The van der Waals surface area contributed by atoms with Gasteiger partial charge < -0.3 is 19.3 Å². The van der Waals surface area contributed by atoms with Crippen LogP contribution < -0.4 is 14.8 Å². The molecule has 29 heavy (non-hydrogen) atoms. The van der Waals surface area contributed by atoms with Gasteiger partial charge in [-0.2, -0.15) is 8.78 Å². The number of nitrogens with one attached hydrogen (secondary N) is 1. The maximum atomic E-state index is 13.0. The number of amides is 1.